The van der Waals surface area contributed by atoms with Gasteiger partial charge >= 0.3 is 11.9 Å². The number of ether oxygens (including phenoxy) is 4. The Bertz CT molecular complexity index is 1960. The number of rotatable bonds is 2. The third-order valence-corrected chi connectivity index (χ3v) is 10.4. The highest BCUT2D eigenvalue weighted by Crippen LogP contribution is 2.53. The van der Waals surface area contributed by atoms with Crippen molar-refractivity contribution in [3.63, 3.8) is 0 Å². The maximum atomic E-state index is 14.0. The molecule has 15 heteroatoms. The number of phenolic OH excluding ortho intramolecular Hbond substituents is 1. The minimum atomic E-state index is -2.19. The van der Waals surface area contributed by atoms with E-state index in [1.807, 2.05) is 0 Å². The van der Waals surface area contributed by atoms with Crippen molar-refractivity contribution >= 4 is 40.7 Å². The van der Waals surface area contributed by atoms with Crippen molar-refractivity contribution in [2.45, 2.75) is 86.2 Å². The minimum absolute atomic E-state index is 0.00714. The molecule has 8 atom stereocenters. The first-order valence-corrected chi connectivity index (χ1v) is 17.7. The van der Waals surface area contributed by atoms with Crippen molar-refractivity contribution in [2.24, 2.45) is 23.7 Å². The molecule has 0 saturated heterocycles. The fraction of sp³-hybridized carbons (Fsp3) is 0.475. The lowest BCUT2D eigenvalue weighted by Gasteiger charge is -2.38. The fourth-order valence-corrected chi connectivity index (χ4v) is 7.13. The number of carbonyl (C=O) groups is 5. The number of aromatic hydroxyl groups is 1. The molecule has 55 heavy (non-hydrogen) atoms. The topological polar surface area (TPSA) is 235 Å². The van der Waals surface area contributed by atoms with Crippen LogP contribution in [0.1, 0.15) is 76.9 Å². The Morgan fingerprint density at radius 1 is 0.945 bits per heavy atom. The average Bonchev–Trinajstić information content (AvgIpc) is 3.13. The number of carbonyl (C=O) groups excluding carboxylic acids is 5. The van der Waals surface area contributed by atoms with Crippen LogP contribution in [0.3, 0.4) is 0 Å². The van der Waals surface area contributed by atoms with Gasteiger partial charge in [-0.25, -0.2) is 0 Å². The van der Waals surface area contributed by atoms with E-state index in [0.29, 0.717) is 0 Å². The summed E-state index contributed by atoms with van der Waals surface area (Å²) in [7, 11) is 1.04. The molecule has 0 fully saturated rings. The van der Waals surface area contributed by atoms with Crippen molar-refractivity contribution in [3.05, 3.63) is 69.2 Å². The number of methoxy groups -OCH3 is 1. The van der Waals surface area contributed by atoms with Crippen molar-refractivity contribution in [1.82, 2.24) is 0 Å². The number of nitrogens with one attached hydrogen (secondary N) is 1. The molecule has 1 amide bonds. The Labute approximate surface area is 318 Å². The van der Waals surface area contributed by atoms with Crippen LogP contribution in [0.5, 0.6) is 11.5 Å². The molecule has 298 valence electrons. The average molecular weight is 768 g/mol. The number of anilines is 1. The van der Waals surface area contributed by atoms with E-state index in [-0.39, 0.29) is 61.9 Å². The Balaban J connectivity index is 2.07. The summed E-state index contributed by atoms with van der Waals surface area (Å²) in [5, 5.41) is 60.4. The molecule has 0 aromatic heterocycles. The van der Waals surface area contributed by atoms with Gasteiger partial charge in [-0.2, -0.15) is 0 Å². The molecule has 3 aliphatic heterocycles. The third-order valence-electron chi connectivity index (χ3n) is 10.4. The smallest absolute Gasteiger partial charge is 0.313 e. The second kappa shape index (κ2) is 16.3. The molecule has 4 aliphatic rings. The highest BCUT2D eigenvalue weighted by molar-refractivity contribution is 6.21. The van der Waals surface area contributed by atoms with E-state index in [1.165, 1.54) is 79.7 Å². The summed E-state index contributed by atoms with van der Waals surface area (Å²) in [6.45, 7) is 12.0. The number of allylic oxidation sites excluding steroid dienone is 6. The number of benzene rings is 1. The summed E-state index contributed by atoms with van der Waals surface area (Å²) < 4.78 is 22.2. The Kier molecular flexibility index (Phi) is 12.7. The molecular weight excluding hydrogens is 718 g/mol. The van der Waals surface area contributed by atoms with E-state index in [2.05, 4.69) is 5.32 Å². The van der Waals surface area contributed by atoms with Gasteiger partial charge in [-0.05, 0) is 46.3 Å². The fourth-order valence-electron chi connectivity index (χ4n) is 7.13. The zero-order valence-corrected chi connectivity index (χ0v) is 32.5. The standard InChI is InChI=1S/C40H49NO14/c1-16-12-11-13-17(2)38(49)41-28-19(4)36(55-23(8)42)24-25(33(28)47)31(45)21(6)35-26(24)34(53-15-54-35)18(3)14-40(9,51)37(48)22(7)32(46)27(39(50)52-10)30(44)20(5)29(16)43/h11-14,16,20,22,27,30,32,37,44,46-48,51H,15H2,1-10H3,(H,41,49)/t16-,20-,22+,27-,30+,32+,37+,40+/m0/s1. The summed E-state index contributed by atoms with van der Waals surface area (Å²) in [6.07, 6.45) is 0.0247. The monoisotopic (exact) mass is 767 g/mol. The van der Waals surface area contributed by atoms with Gasteiger partial charge in [0.15, 0.2) is 11.5 Å². The molecular formula is C40H49NO14. The van der Waals surface area contributed by atoms with Crippen molar-refractivity contribution in [3.8, 4) is 11.5 Å². The summed E-state index contributed by atoms with van der Waals surface area (Å²) in [5.74, 6) is -9.80. The van der Waals surface area contributed by atoms with Crippen LogP contribution in [0.25, 0.3) is 5.57 Å². The number of ketones is 2. The summed E-state index contributed by atoms with van der Waals surface area (Å²) in [5.41, 5.74) is -2.46. The van der Waals surface area contributed by atoms with Crippen LogP contribution in [0.2, 0.25) is 0 Å². The molecule has 0 spiro atoms. The lowest BCUT2D eigenvalue weighted by atomic mass is 9.75. The summed E-state index contributed by atoms with van der Waals surface area (Å²) >= 11 is 0. The van der Waals surface area contributed by atoms with Crippen LogP contribution in [0.15, 0.2) is 52.5 Å². The van der Waals surface area contributed by atoms with Gasteiger partial charge in [0.25, 0.3) is 5.91 Å². The number of aliphatic hydroxyl groups is 4. The van der Waals surface area contributed by atoms with E-state index >= 15 is 0 Å². The quantitative estimate of drug-likeness (QED) is 0.144. The van der Waals surface area contributed by atoms with E-state index in [1.54, 1.807) is 0 Å². The van der Waals surface area contributed by atoms with Gasteiger partial charge < -0.3 is 49.8 Å². The number of esters is 2. The molecule has 3 heterocycles. The van der Waals surface area contributed by atoms with Gasteiger partial charge in [0.05, 0.1) is 42.2 Å². The van der Waals surface area contributed by atoms with Crippen molar-refractivity contribution in [1.29, 1.82) is 0 Å². The molecule has 4 bridgehead atoms. The molecule has 1 aromatic carbocycles. The number of aliphatic hydroxyl groups excluding tert-OH is 3. The second-order valence-electron chi connectivity index (χ2n) is 14.5. The highest BCUT2D eigenvalue weighted by Gasteiger charge is 2.47. The number of phenols is 1. The first kappa shape index (κ1) is 42.6. The van der Waals surface area contributed by atoms with Crippen LogP contribution >= 0.6 is 0 Å². The van der Waals surface area contributed by atoms with E-state index < -0.39 is 89.5 Å². The molecule has 15 nitrogen and oxygen atoms in total. The first-order chi connectivity index (χ1) is 25.6. The number of fused-ring (bicyclic) bond motifs is 14. The summed E-state index contributed by atoms with van der Waals surface area (Å²) in [4.78, 5) is 66.4. The molecule has 5 rings (SSSR count). The van der Waals surface area contributed by atoms with Crippen LogP contribution in [-0.4, -0.2) is 92.8 Å². The number of hydrogen-bond acceptors (Lipinski definition) is 14. The second-order valence-corrected chi connectivity index (χ2v) is 14.5. The predicted octanol–water partition coefficient (Wildman–Crippen LogP) is 3.31. The van der Waals surface area contributed by atoms with E-state index in [9.17, 15) is 49.5 Å². The van der Waals surface area contributed by atoms with Gasteiger partial charge in [0, 0.05) is 47.0 Å². The predicted molar refractivity (Wildman–Crippen MR) is 197 cm³/mol. The van der Waals surface area contributed by atoms with Gasteiger partial charge in [0.1, 0.15) is 34.6 Å². The van der Waals surface area contributed by atoms with E-state index in [0.717, 1.165) is 14.0 Å². The highest BCUT2D eigenvalue weighted by atomic mass is 16.7. The molecule has 6 N–H and O–H groups in total. The zero-order chi connectivity index (χ0) is 41.4. The Morgan fingerprint density at radius 2 is 1.56 bits per heavy atom. The molecule has 0 radical (unpaired) electrons. The molecule has 1 aliphatic carbocycles. The SMILES string of the molecule is COC(=O)[C@@H]1[C@H](O)[C@@H](C)[C@@H](O)[C@](C)(O)C=C(C)C2=C3C(=C(C)C(=O)c4c(O)c(c(C)c(OC(C)=O)c43)NC(=O)C(C)=CC=C[C@H](C)C(=O)[C@H](C)[C@H]1O)OCO2. The molecule has 0 saturated carbocycles. The van der Waals surface area contributed by atoms with Crippen LogP contribution < -0.4 is 10.1 Å². The minimum Gasteiger partial charge on any atom is -0.505 e. The number of amides is 1. The normalized spacial score (nSPS) is 29.5. The lowest BCUT2D eigenvalue weighted by molar-refractivity contribution is -0.166. The van der Waals surface area contributed by atoms with E-state index in [4.69, 9.17) is 18.9 Å². The van der Waals surface area contributed by atoms with Gasteiger partial charge in [-0.15, -0.1) is 0 Å². The van der Waals surface area contributed by atoms with Crippen LogP contribution in [-0.2, 0) is 33.4 Å². The Hall–Kier alpha value is -5.09. The van der Waals surface area contributed by atoms with Gasteiger partial charge in [0.2, 0.25) is 6.79 Å². The third kappa shape index (κ3) is 8.01. The molecule has 0 unspecified atom stereocenters. The maximum absolute atomic E-state index is 14.0. The van der Waals surface area contributed by atoms with Crippen LogP contribution in [0, 0.1) is 30.6 Å². The molecule has 1 aromatic rings. The van der Waals surface area contributed by atoms with Crippen LogP contribution in [0.4, 0.5) is 5.69 Å². The number of Topliss-reactive ketones (excluding diaryl/α,β-unsaturated/α-hetero) is 2. The van der Waals surface area contributed by atoms with Crippen molar-refractivity contribution in [2.75, 3.05) is 19.2 Å². The van der Waals surface area contributed by atoms with Gasteiger partial charge in [-0.1, -0.05) is 39.0 Å². The van der Waals surface area contributed by atoms with Gasteiger partial charge in [-0.3, -0.25) is 24.0 Å². The Morgan fingerprint density at radius 3 is 2.16 bits per heavy atom. The number of hydrogen-bond donors (Lipinski definition) is 6. The zero-order valence-electron chi connectivity index (χ0n) is 32.5. The largest absolute Gasteiger partial charge is 0.505 e. The summed E-state index contributed by atoms with van der Waals surface area (Å²) in [6, 6.07) is 0. The lowest BCUT2D eigenvalue weighted by Crippen LogP contribution is -2.52. The van der Waals surface area contributed by atoms with Crippen molar-refractivity contribution < 1.29 is 68.5 Å². The first-order valence-electron chi connectivity index (χ1n) is 17.7. The maximum Gasteiger partial charge on any atom is 0.313 e.